The number of aromatic hydroxyl groups is 1. The van der Waals surface area contributed by atoms with Crippen molar-refractivity contribution in [3.63, 3.8) is 0 Å². The maximum absolute atomic E-state index is 11.7. The van der Waals surface area contributed by atoms with Crippen LogP contribution in [0.2, 0.25) is 0 Å². The van der Waals surface area contributed by atoms with Gasteiger partial charge in [0.1, 0.15) is 31.7 Å². The topological polar surface area (TPSA) is 246 Å². The molecule has 0 aliphatic heterocycles. The van der Waals surface area contributed by atoms with Gasteiger partial charge in [0, 0.05) is 22.9 Å². The van der Waals surface area contributed by atoms with Gasteiger partial charge >= 0.3 is 64.8 Å². The van der Waals surface area contributed by atoms with Gasteiger partial charge in [0.05, 0.1) is 25.7 Å². The molecule has 172 valence electrons. The largest absolute Gasteiger partial charge is 1.00 e. The molecule has 15 nitrogen and oxygen atoms in total. The van der Waals surface area contributed by atoms with Crippen LogP contribution < -0.4 is 59.1 Å². The molecule has 0 atom stereocenters. The Labute approximate surface area is 240 Å². The summed E-state index contributed by atoms with van der Waals surface area (Å²) in [5, 5.41) is 38.4. The number of phenols is 1. The van der Waals surface area contributed by atoms with E-state index < -0.39 is 73.8 Å². The zero-order valence-electron chi connectivity index (χ0n) is 17.7. The average molecular weight is 542 g/mol. The number of azo groups is 1. The molecule has 35 heavy (non-hydrogen) atoms. The third kappa shape index (κ3) is 6.79. The van der Waals surface area contributed by atoms with Gasteiger partial charge in [-0.2, -0.15) is 0 Å². The summed E-state index contributed by atoms with van der Waals surface area (Å²) < 4.78 is 69.2. The molecule has 0 aromatic heterocycles. The SMILES string of the molecule is O=[N+]([O-])c1ccc(N=Nc2c(S(=O)(=O)[O-])cc(O)c3ccc(S(=O)(=O)[O-])cc23)c([N+](=O)[O-])c1.[Na+].[Na+]. The Morgan fingerprint density at radius 1 is 0.771 bits per heavy atom. The maximum Gasteiger partial charge on any atom is 1.00 e. The predicted octanol–water partition coefficient (Wildman–Crippen LogP) is -3.41. The molecule has 0 aliphatic carbocycles. The molecule has 1 N–H and O–H groups in total. The Balaban J connectivity index is 0.00000306. The van der Waals surface area contributed by atoms with Gasteiger partial charge in [0.15, 0.2) is 5.69 Å². The summed E-state index contributed by atoms with van der Waals surface area (Å²) in [6.07, 6.45) is 0. The van der Waals surface area contributed by atoms with Gasteiger partial charge < -0.3 is 14.2 Å². The number of fused-ring (bicyclic) bond motifs is 1. The van der Waals surface area contributed by atoms with Gasteiger partial charge in [-0.25, -0.2) is 16.8 Å². The number of hydrogen-bond acceptors (Lipinski definition) is 13. The Morgan fingerprint density at radius 3 is 1.91 bits per heavy atom. The van der Waals surface area contributed by atoms with Gasteiger partial charge in [0.25, 0.3) is 5.69 Å². The number of non-ortho nitro benzene ring substituents is 1. The van der Waals surface area contributed by atoms with Crippen molar-refractivity contribution in [2.45, 2.75) is 9.79 Å². The number of benzene rings is 3. The smallest absolute Gasteiger partial charge is 0.744 e. The van der Waals surface area contributed by atoms with Crippen molar-refractivity contribution < 1.29 is 100 Å². The molecule has 0 radical (unpaired) electrons. The average Bonchev–Trinajstić information content (AvgIpc) is 2.71. The minimum absolute atomic E-state index is 0. The van der Waals surface area contributed by atoms with Crippen LogP contribution in [-0.4, -0.2) is 40.9 Å². The summed E-state index contributed by atoms with van der Waals surface area (Å²) in [6.45, 7) is 0. The number of hydrogen-bond donors (Lipinski definition) is 1. The fraction of sp³-hybridized carbons (Fsp3) is 0. The number of rotatable bonds is 6. The van der Waals surface area contributed by atoms with Crippen LogP contribution in [0, 0.1) is 20.2 Å². The van der Waals surface area contributed by atoms with E-state index in [0.29, 0.717) is 18.2 Å². The van der Waals surface area contributed by atoms with Gasteiger partial charge in [0.2, 0.25) is 0 Å². The third-order valence-electron chi connectivity index (χ3n) is 4.21. The molecule has 0 fully saturated rings. The van der Waals surface area contributed by atoms with Crippen LogP contribution in [0.5, 0.6) is 5.75 Å². The first-order valence-corrected chi connectivity index (χ1v) is 11.1. The van der Waals surface area contributed by atoms with E-state index in [-0.39, 0.29) is 64.5 Å². The fourth-order valence-electron chi connectivity index (χ4n) is 2.75. The predicted molar refractivity (Wildman–Crippen MR) is 105 cm³/mol. The minimum Gasteiger partial charge on any atom is -0.744 e. The van der Waals surface area contributed by atoms with Crippen LogP contribution in [0.1, 0.15) is 0 Å². The van der Waals surface area contributed by atoms with Crippen LogP contribution >= 0.6 is 0 Å². The first-order chi connectivity index (χ1) is 15.2. The molecule has 3 aromatic carbocycles. The van der Waals surface area contributed by atoms with Crippen LogP contribution in [0.4, 0.5) is 22.7 Å². The molecular formula is C16H8N4Na2O11S2. The van der Waals surface area contributed by atoms with E-state index in [1.54, 1.807) is 0 Å². The molecule has 0 heterocycles. The van der Waals surface area contributed by atoms with Crippen molar-refractivity contribution in [3.05, 3.63) is 62.7 Å². The van der Waals surface area contributed by atoms with Crippen LogP contribution in [0.3, 0.4) is 0 Å². The monoisotopic (exact) mass is 542 g/mol. The van der Waals surface area contributed by atoms with Crippen molar-refractivity contribution in [1.29, 1.82) is 0 Å². The van der Waals surface area contributed by atoms with E-state index in [2.05, 4.69) is 10.2 Å². The summed E-state index contributed by atoms with van der Waals surface area (Å²) >= 11 is 0. The molecule has 0 saturated carbocycles. The van der Waals surface area contributed by atoms with Gasteiger partial charge in [-0.3, -0.25) is 20.2 Å². The first kappa shape index (κ1) is 31.0. The summed E-state index contributed by atoms with van der Waals surface area (Å²) in [7, 11) is -10.4. The summed E-state index contributed by atoms with van der Waals surface area (Å²) in [5.74, 6) is -0.769. The molecule has 0 unspecified atom stereocenters. The molecule has 3 rings (SSSR count). The summed E-state index contributed by atoms with van der Waals surface area (Å²) in [4.78, 5) is 18.1. The molecule has 19 heteroatoms. The van der Waals surface area contributed by atoms with Crippen molar-refractivity contribution >= 4 is 53.8 Å². The van der Waals surface area contributed by atoms with Crippen molar-refractivity contribution in [3.8, 4) is 5.75 Å². The molecule has 0 saturated heterocycles. The van der Waals surface area contributed by atoms with E-state index in [1.807, 2.05) is 0 Å². The van der Waals surface area contributed by atoms with Crippen LogP contribution in [0.25, 0.3) is 10.8 Å². The summed E-state index contributed by atoms with van der Waals surface area (Å²) in [6, 6.07) is 5.17. The standard InChI is InChI=1S/C16H10N4O11S2.2Na/c21-14-7-15(33(29,30)31)16(11-6-9(32(26,27)28)2-3-10(11)14)18-17-12-4-1-8(19(22)23)5-13(12)20(24)25;;/h1-7,21H,(H,26,27,28)(H,29,30,31);;/q;2*+1/p-2. The molecular weight excluding hydrogens is 534 g/mol. The van der Waals surface area contributed by atoms with Crippen molar-refractivity contribution in [1.82, 2.24) is 0 Å². The van der Waals surface area contributed by atoms with Gasteiger partial charge in [-0.05, 0) is 24.3 Å². The van der Waals surface area contributed by atoms with Crippen LogP contribution in [-0.2, 0) is 20.2 Å². The number of nitro groups is 2. The normalized spacial score (nSPS) is 11.6. The maximum atomic E-state index is 11.7. The van der Waals surface area contributed by atoms with Gasteiger partial charge in [-0.15, -0.1) is 10.2 Å². The molecule has 0 amide bonds. The van der Waals surface area contributed by atoms with Crippen molar-refractivity contribution in [2.24, 2.45) is 10.2 Å². The molecule has 0 spiro atoms. The van der Waals surface area contributed by atoms with E-state index >= 15 is 0 Å². The van der Waals surface area contributed by atoms with Gasteiger partial charge in [-0.1, -0.05) is 0 Å². The number of nitro benzene ring substituents is 2. The van der Waals surface area contributed by atoms with Crippen LogP contribution in [0.15, 0.2) is 62.5 Å². The zero-order valence-corrected chi connectivity index (χ0v) is 23.3. The van der Waals surface area contributed by atoms with Crippen molar-refractivity contribution in [2.75, 3.05) is 0 Å². The third-order valence-corrected chi connectivity index (χ3v) is 5.89. The second-order valence-electron chi connectivity index (χ2n) is 6.25. The minimum atomic E-state index is -5.36. The second-order valence-corrected chi connectivity index (χ2v) is 8.97. The van der Waals surface area contributed by atoms with E-state index in [0.717, 1.165) is 24.3 Å². The Hall–Kier alpha value is -2.06. The van der Waals surface area contributed by atoms with E-state index in [4.69, 9.17) is 0 Å². The fourth-order valence-corrected chi connectivity index (χ4v) is 3.90. The zero-order chi connectivity index (χ0) is 24.7. The second kappa shape index (κ2) is 11.3. The number of nitrogens with zero attached hydrogens (tertiary/aromatic N) is 4. The Bertz CT molecular complexity index is 1590. The first-order valence-electron chi connectivity index (χ1n) is 8.26. The molecule has 3 aromatic rings. The molecule has 0 bridgehead atoms. The Morgan fingerprint density at radius 2 is 1.40 bits per heavy atom. The molecule has 0 aliphatic rings. The Kier molecular flexibility index (Phi) is 10.0. The van der Waals surface area contributed by atoms with E-state index in [9.17, 15) is 51.3 Å². The quantitative estimate of drug-likeness (QED) is 0.106. The number of phenolic OH excluding ortho intramolecular Hbond substituents is 1. The van der Waals surface area contributed by atoms with E-state index in [1.165, 1.54) is 0 Å². The summed E-state index contributed by atoms with van der Waals surface area (Å²) in [5.41, 5.74) is -2.93.